The molecule has 116 valence electrons. The average Bonchev–Trinajstić information content (AvgIpc) is 2.79. The van der Waals surface area contributed by atoms with Gasteiger partial charge in [0.2, 0.25) is 17.7 Å². The highest BCUT2D eigenvalue weighted by atomic mass is 16.4. The molecule has 2 amide bonds. The number of nitrogens with one attached hydrogen (secondary N) is 2. The Hall–Kier alpha value is -2.63. The molecule has 0 unspecified atom stereocenters. The Kier molecular flexibility index (Phi) is 4.93. The van der Waals surface area contributed by atoms with Crippen LogP contribution in [0.4, 0.5) is 5.69 Å². The summed E-state index contributed by atoms with van der Waals surface area (Å²) in [6.07, 6.45) is 0.236. The van der Waals surface area contributed by atoms with Gasteiger partial charge in [-0.3, -0.25) is 9.59 Å². The largest absolute Gasteiger partial charge is 0.441 e. The highest BCUT2D eigenvalue weighted by Gasteiger charge is 2.08. The predicted octanol–water partition coefficient (Wildman–Crippen LogP) is 2.42. The Balaban J connectivity index is 1.94. The number of aryl methyl sites for hydroxylation is 2. The van der Waals surface area contributed by atoms with Gasteiger partial charge in [-0.05, 0) is 38.1 Å². The Morgan fingerprint density at radius 3 is 2.41 bits per heavy atom. The monoisotopic (exact) mass is 301 g/mol. The van der Waals surface area contributed by atoms with Crippen LogP contribution in [-0.2, 0) is 9.59 Å². The molecule has 0 saturated heterocycles. The van der Waals surface area contributed by atoms with E-state index in [1.807, 2.05) is 26.0 Å². The molecule has 0 fully saturated rings. The third kappa shape index (κ3) is 4.18. The van der Waals surface area contributed by atoms with Crippen molar-refractivity contribution in [3.05, 3.63) is 35.7 Å². The van der Waals surface area contributed by atoms with Crippen LogP contribution < -0.4 is 10.6 Å². The van der Waals surface area contributed by atoms with Gasteiger partial charge in [0.05, 0.1) is 5.69 Å². The minimum atomic E-state index is -0.149. The van der Waals surface area contributed by atoms with Gasteiger partial charge in [-0.15, -0.1) is 0 Å². The van der Waals surface area contributed by atoms with E-state index in [2.05, 4.69) is 15.6 Å². The van der Waals surface area contributed by atoms with Crippen molar-refractivity contribution in [1.29, 1.82) is 0 Å². The SMILES string of the molecule is CC(=O)NCCC(=O)Nc1ccc(-c2nc(C)c(C)o2)cc1. The second-order valence-electron chi connectivity index (χ2n) is 5.02. The second kappa shape index (κ2) is 6.89. The van der Waals surface area contributed by atoms with Gasteiger partial charge in [0.15, 0.2) is 0 Å². The highest BCUT2D eigenvalue weighted by molar-refractivity contribution is 5.91. The molecule has 0 spiro atoms. The highest BCUT2D eigenvalue weighted by Crippen LogP contribution is 2.22. The molecule has 0 saturated carbocycles. The standard InChI is InChI=1S/C16H19N3O3/c1-10-11(2)22-16(18-10)13-4-6-14(7-5-13)19-15(21)8-9-17-12(3)20/h4-7H,8-9H2,1-3H3,(H,17,20)(H,19,21). The van der Waals surface area contributed by atoms with E-state index in [1.165, 1.54) is 6.92 Å². The number of hydrogen-bond donors (Lipinski definition) is 2. The molecule has 0 aliphatic heterocycles. The number of aromatic nitrogens is 1. The van der Waals surface area contributed by atoms with Crippen LogP contribution in [-0.4, -0.2) is 23.3 Å². The first-order chi connectivity index (χ1) is 10.5. The summed E-state index contributed by atoms with van der Waals surface area (Å²) in [4.78, 5) is 26.8. The summed E-state index contributed by atoms with van der Waals surface area (Å²) in [5, 5.41) is 5.35. The lowest BCUT2D eigenvalue weighted by atomic mass is 10.2. The molecule has 2 N–H and O–H groups in total. The number of carbonyl (C=O) groups is 2. The minimum Gasteiger partial charge on any atom is -0.441 e. The number of carbonyl (C=O) groups excluding carboxylic acids is 2. The first kappa shape index (κ1) is 15.8. The summed E-state index contributed by atoms with van der Waals surface area (Å²) in [6, 6.07) is 7.27. The van der Waals surface area contributed by atoms with Crippen molar-refractivity contribution >= 4 is 17.5 Å². The molecule has 0 aliphatic rings. The van der Waals surface area contributed by atoms with Crippen LogP contribution in [0.2, 0.25) is 0 Å². The molecule has 0 aliphatic carbocycles. The van der Waals surface area contributed by atoms with Gasteiger partial charge in [-0.1, -0.05) is 0 Å². The van der Waals surface area contributed by atoms with Gasteiger partial charge >= 0.3 is 0 Å². The molecule has 2 rings (SSSR count). The lowest BCUT2D eigenvalue weighted by molar-refractivity contribution is -0.119. The van der Waals surface area contributed by atoms with Crippen LogP contribution in [0.25, 0.3) is 11.5 Å². The zero-order chi connectivity index (χ0) is 16.1. The maximum atomic E-state index is 11.7. The molecule has 0 radical (unpaired) electrons. The van der Waals surface area contributed by atoms with Gasteiger partial charge in [-0.25, -0.2) is 4.98 Å². The number of rotatable bonds is 5. The predicted molar refractivity (Wildman–Crippen MR) is 83.3 cm³/mol. The van der Waals surface area contributed by atoms with Crippen molar-refractivity contribution in [1.82, 2.24) is 10.3 Å². The molecule has 0 bridgehead atoms. The summed E-state index contributed by atoms with van der Waals surface area (Å²) in [6.45, 7) is 5.51. The fraction of sp³-hybridized carbons (Fsp3) is 0.312. The van der Waals surface area contributed by atoms with Crippen molar-refractivity contribution in [2.75, 3.05) is 11.9 Å². The first-order valence-electron chi connectivity index (χ1n) is 7.04. The van der Waals surface area contributed by atoms with E-state index in [-0.39, 0.29) is 18.2 Å². The normalized spacial score (nSPS) is 10.3. The van der Waals surface area contributed by atoms with Crippen LogP contribution in [0.15, 0.2) is 28.7 Å². The summed E-state index contributed by atoms with van der Waals surface area (Å²) in [7, 11) is 0. The van der Waals surface area contributed by atoms with Gasteiger partial charge < -0.3 is 15.1 Å². The third-order valence-electron chi connectivity index (χ3n) is 3.17. The van der Waals surface area contributed by atoms with Crippen molar-refractivity contribution < 1.29 is 14.0 Å². The number of benzene rings is 1. The molecule has 6 heteroatoms. The lowest BCUT2D eigenvalue weighted by Gasteiger charge is -2.06. The van der Waals surface area contributed by atoms with Crippen LogP contribution in [0.1, 0.15) is 24.8 Å². The van der Waals surface area contributed by atoms with E-state index in [4.69, 9.17) is 4.42 Å². The minimum absolute atomic E-state index is 0.145. The fourth-order valence-corrected chi connectivity index (χ4v) is 1.87. The van der Waals surface area contributed by atoms with E-state index in [9.17, 15) is 9.59 Å². The van der Waals surface area contributed by atoms with E-state index in [0.29, 0.717) is 18.1 Å². The third-order valence-corrected chi connectivity index (χ3v) is 3.17. The lowest BCUT2D eigenvalue weighted by Crippen LogP contribution is -2.25. The average molecular weight is 301 g/mol. The summed E-state index contributed by atoms with van der Waals surface area (Å²) in [5.41, 5.74) is 2.41. The number of oxazole rings is 1. The number of anilines is 1. The number of nitrogens with zero attached hydrogens (tertiary/aromatic N) is 1. The maximum absolute atomic E-state index is 11.7. The Morgan fingerprint density at radius 1 is 1.18 bits per heavy atom. The van der Waals surface area contributed by atoms with Gasteiger partial charge in [-0.2, -0.15) is 0 Å². The smallest absolute Gasteiger partial charge is 0.226 e. The van der Waals surface area contributed by atoms with E-state index in [0.717, 1.165) is 17.0 Å². The summed E-state index contributed by atoms with van der Waals surface area (Å²) < 4.78 is 5.56. The fourth-order valence-electron chi connectivity index (χ4n) is 1.87. The Bertz CT molecular complexity index is 655. The van der Waals surface area contributed by atoms with Gasteiger partial charge in [0.1, 0.15) is 5.76 Å². The Labute approximate surface area is 128 Å². The summed E-state index contributed by atoms with van der Waals surface area (Å²) in [5.74, 6) is 1.07. The van der Waals surface area contributed by atoms with Gasteiger partial charge in [0.25, 0.3) is 0 Å². The Morgan fingerprint density at radius 2 is 1.86 bits per heavy atom. The van der Waals surface area contributed by atoms with Crippen LogP contribution in [0, 0.1) is 13.8 Å². The van der Waals surface area contributed by atoms with Crippen LogP contribution in [0.3, 0.4) is 0 Å². The molecule has 1 aromatic heterocycles. The van der Waals surface area contributed by atoms with Gasteiger partial charge in [0, 0.05) is 31.1 Å². The molecule has 6 nitrogen and oxygen atoms in total. The van der Waals surface area contributed by atoms with E-state index in [1.54, 1.807) is 12.1 Å². The maximum Gasteiger partial charge on any atom is 0.226 e. The van der Waals surface area contributed by atoms with Crippen molar-refractivity contribution in [3.63, 3.8) is 0 Å². The topological polar surface area (TPSA) is 84.2 Å². The molecule has 0 atom stereocenters. The second-order valence-corrected chi connectivity index (χ2v) is 5.02. The van der Waals surface area contributed by atoms with Crippen LogP contribution in [0.5, 0.6) is 0 Å². The van der Waals surface area contributed by atoms with E-state index >= 15 is 0 Å². The molecule has 22 heavy (non-hydrogen) atoms. The zero-order valence-corrected chi connectivity index (χ0v) is 12.9. The van der Waals surface area contributed by atoms with Crippen LogP contribution >= 0.6 is 0 Å². The van der Waals surface area contributed by atoms with Crippen molar-refractivity contribution in [2.45, 2.75) is 27.2 Å². The van der Waals surface area contributed by atoms with Crippen molar-refractivity contribution in [2.24, 2.45) is 0 Å². The van der Waals surface area contributed by atoms with E-state index < -0.39 is 0 Å². The van der Waals surface area contributed by atoms with Crippen molar-refractivity contribution in [3.8, 4) is 11.5 Å². The molecular weight excluding hydrogens is 282 g/mol. The zero-order valence-electron chi connectivity index (χ0n) is 12.9. The number of amides is 2. The number of hydrogen-bond acceptors (Lipinski definition) is 4. The first-order valence-corrected chi connectivity index (χ1v) is 7.04. The molecular formula is C16H19N3O3. The molecule has 1 aromatic carbocycles. The molecule has 2 aromatic rings. The quantitative estimate of drug-likeness (QED) is 0.888. The summed E-state index contributed by atoms with van der Waals surface area (Å²) >= 11 is 0. The molecule has 1 heterocycles.